The summed E-state index contributed by atoms with van der Waals surface area (Å²) in [5.41, 5.74) is 2.61. The molecule has 2 heterocycles. The summed E-state index contributed by atoms with van der Waals surface area (Å²) in [5.74, 6) is 0. The van der Waals surface area contributed by atoms with Crippen LogP contribution in [-0.4, -0.2) is 23.0 Å². The third-order valence-corrected chi connectivity index (χ3v) is 3.45. The minimum absolute atomic E-state index is 0.555. The molecule has 3 heteroatoms. The Morgan fingerprint density at radius 1 is 1.60 bits per heavy atom. The Labute approximate surface area is 96.3 Å². The van der Waals surface area contributed by atoms with Gasteiger partial charge in [-0.2, -0.15) is 0 Å². The standard InChI is InChI=1S/C12H17ClN2/c1-3-15-6-4-5-11(15)10-8-14-12(13)7-9(10)2/h7-8,11H,3-6H2,1-2H3. The number of nitrogens with zero attached hydrogens (tertiary/aromatic N) is 2. The van der Waals surface area contributed by atoms with Gasteiger partial charge >= 0.3 is 0 Å². The highest BCUT2D eigenvalue weighted by Gasteiger charge is 2.25. The van der Waals surface area contributed by atoms with Crippen molar-refractivity contribution in [2.75, 3.05) is 13.1 Å². The molecule has 15 heavy (non-hydrogen) atoms. The maximum atomic E-state index is 5.87. The molecule has 0 amide bonds. The number of aryl methyl sites for hydroxylation is 1. The molecule has 2 nitrogen and oxygen atoms in total. The van der Waals surface area contributed by atoms with Gasteiger partial charge < -0.3 is 0 Å². The second-order valence-electron chi connectivity index (χ2n) is 4.15. The normalized spacial score (nSPS) is 22.2. The maximum Gasteiger partial charge on any atom is 0.129 e. The maximum absolute atomic E-state index is 5.87. The van der Waals surface area contributed by atoms with E-state index in [1.54, 1.807) is 0 Å². The average molecular weight is 225 g/mol. The predicted molar refractivity (Wildman–Crippen MR) is 63.2 cm³/mol. The van der Waals surface area contributed by atoms with Gasteiger partial charge in [0.25, 0.3) is 0 Å². The lowest BCUT2D eigenvalue weighted by Crippen LogP contribution is -2.23. The molecule has 2 rings (SSSR count). The smallest absolute Gasteiger partial charge is 0.129 e. The Morgan fingerprint density at radius 2 is 2.40 bits per heavy atom. The molecule has 0 aromatic carbocycles. The summed E-state index contributed by atoms with van der Waals surface area (Å²) in [6.45, 7) is 6.67. The number of hydrogen-bond donors (Lipinski definition) is 0. The first kappa shape index (κ1) is 10.9. The molecular weight excluding hydrogens is 208 g/mol. The summed E-state index contributed by atoms with van der Waals surface area (Å²) in [5, 5.41) is 0.595. The van der Waals surface area contributed by atoms with Crippen molar-refractivity contribution >= 4 is 11.6 Å². The lowest BCUT2D eigenvalue weighted by molar-refractivity contribution is 0.270. The highest BCUT2D eigenvalue weighted by molar-refractivity contribution is 6.29. The fraction of sp³-hybridized carbons (Fsp3) is 0.583. The van der Waals surface area contributed by atoms with Crippen LogP contribution < -0.4 is 0 Å². The summed E-state index contributed by atoms with van der Waals surface area (Å²) in [4.78, 5) is 6.70. The monoisotopic (exact) mass is 224 g/mol. The zero-order valence-corrected chi connectivity index (χ0v) is 10.1. The van der Waals surface area contributed by atoms with E-state index in [0.717, 1.165) is 6.54 Å². The second kappa shape index (κ2) is 4.50. The molecule has 0 bridgehead atoms. The third kappa shape index (κ3) is 2.16. The highest BCUT2D eigenvalue weighted by atomic mass is 35.5. The van der Waals surface area contributed by atoms with Crippen LogP contribution >= 0.6 is 11.6 Å². The topological polar surface area (TPSA) is 16.1 Å². The van der Waals surface area contributed by atoms with Crippen molar-refractivity contribution in [3.8, 4) is 0 Å². The van der Waals surface area contributed by atoms with E-state index in [4.69, 9.17) is 11.6 Å². The number of likely N-dealkylation sites (tertiary alicyclic amines) is 1. The van der Waals surface area contributed by atoms with E-state index in [2.05, 4.69) is 23.7 Å². The van der Waals surface area contributed by atoms with Gasteiger partial charge in [0.2, 0.25) is 0 Å². The second-order valence-corrected chi connectivity index (χ2v) is 4.54. The van der Waals surface area contributed by atoms with Crippen LogP contribution in [0.1, 0.15) is 36.9 Å². The van der Waals surface area contributed by atoms with E-state index in [1.165, 1.54) is 30.5 Å². The summed E-state index contributed by atoms with van der Waals surface area (Å²) in [6.07, 6.45) is 4.48. The third-order valence-electron chi connectivity index (χ3n) is 3.25. The van der Waals surface area contributed by atoms with Crippen molar-refractivity contribution in [3.05, 3.63) is 28.5 Å². The van der Waals surface area contributed by atoms with Gasteiger partial charge in [0.15, 0.2) is 0 Å². The molecule has 1 unspecified atom stereocenters. The number of halogens is 1. The van der Waals surface area contributed by atoms with E-state index in [-0.39, 0.29) is 0 Å². The Kier molecular flexibility index (Phi) is 3.27. The van der Waals surface area contributed by atoms with Gasteiger partial charge in [-0.15, -0.1) is 0 Å². The fourth-order valence-electron chi connectivity index (χ4n) is 2.44. The quantitative estimate of drug-likeness (QED) is 0.718. The van der Waals surface area contributed by atoms with Crippen molar-refractivity contribution in [1.82, 2.24) is 9.88 Å². The van der Waals surface area contributed by atoms with E-state index >= 15 is 0 Å². The van der Waals surface area contributed by atoms with Gasteiger partial charge in [-0.05, 0) is 50.0 Å². The van der Waals surface area contributed by atoms with Crippen LogP contribution in [-0.2, 0) is 0 Å². The molecule has 1 aliphatic heterocycles. The molecule has 0 radical (unpaired) electrons. The summed E-state index contributed by atoms with van der Waals surface area (Å²) in [6, 6.07) is 2.52. The molecule has 1 aliphatic rings. The first-order valence-electron chi connectivity index (χ1n) is 5.58. The molecule has 0 spiro atoms. The van der Waals surface area contributed by atoms with E-state index < -0.39 is 0 Å². The molecule has 82 valence electrons. The number of pyridine rings is 1. The van der Waals surface area contributed by atoms with Gasteiger partial charge in [0.1, 0.15) is 5.15 Å². The Bertz CT molecular complexity index is 351. The largest absolute Gasteiger partial charge is 0.297 e. The van der Waals surface area contributed by atoms with Crippen LogP contribution in [0.5, 0.6) is 0 Å². The summed E-state index contributed by atoms with van der Waals surface area (Å²) >= 11 is 5.87. The fourth-order valence-corrected chi connectivity index (χ4v) is 2.65. The molecule has 1 fully saturated rings. The minimum Gasteiger partial charge on any atom is -0.297 e. The van der Waals surface area contributed by atoms with Crippen molar-refractivity contribution < 1.29 is 0 Å². The molecule has 1 aromatic rings. The highest BCUT2D eigenvalue weighted by Crippen LogP contribution is 2.33. The van der Waals surface area contributed by atoms with Crippen LogP contribution in [0.2, 0.25) is 5.15 Å². The summed E-state index contributed by atoms with van der Waals surface area (Å²) in [7, 11) is 0. The van der Waals surface area contributed by atoms with Crippen molar-refractivity contribution in [2.24, 2.45) is 0 Å². The Morgan fingerprint density at radius 3 is 3.07 bits per heavy atom. The van der Waals surface area contributed by atoms with Gasteiger partial charge in [0, 0.05) is 12.2 Å². The Hall–Kier alpha value is -0.600. The van der Waals surface area contributed by atoms with Crippen LogP contribution in [0.25, 0.3) is 0 Å². The van der Waals surface area contributed by atoms with Crippen LogP contribution in [0, 0.1) is 6.92 Å². The first-order chi connectivity index (χ1) is 7.22. The number of hydrogen-bond acceptors (Lipinski definition) is 2. The predicted octanol–water partition coefficient (Wildman–Crippen LogP) is 3.20. The van der Waals surface area contributed by atoms with Crippen molar-refractivity contribution in [3.63, 3.8) is 0 Å². The Balaban J connectivity index is 2.28. The summed E-state index contributed by atoms with van der Waals surface area (Å²) < 4.78 is 0. The van der Waals surface area contributed by atoms with Crippen LogP contribution in [0.15, 0.2) is 12.3 Å². The van der Waals surface area contributed by atoms with E-state index in [9.17, 15) is 0 Å². The zero-order valence-electron chi connectivity index (χ0n) is 9.33. The molecule has 0 aliphatic carbocycles. The SMILES string of the molecule is CCN1CCCC1c1cnc(Cl)cc1C. The van der Waals surface area contributed by atoms with Crippen LogP contribution in [0.4, 0.5) is 0 Å². The number of rotatable bonds is 2. The number of aromatic nitrogens is 1. The van der Waals surface area contributed by atoms with Gasteiger partial charge in [-0.3, -0.25) is 4.90 Å². The van der Waals surface area contributed by atoms with Crippen LogP contribution in [0.3, 0.4) is 0 Å². The lowest BCUT2D eigenvalue weighted by atomic mass is 10.0. The molecule has 0 N–H and O–H groups in total. The van der Waals surface area contributed by atoms with E-state index in [1.807, 2.05) is 12.3 Å². The average Bonchev–Trinajstić information content (AvgIpc) is 2.65. The van der Waals surface area contributed by atoms with Crippen molar-refractivity contribution in [2.45, 2.75) is 32.7 Å². The molecular formula is C12H17ClN2. The lowest BCUT2D eigenvalue weighted by Gasteiger charge is -2.24. The minimum atomic E-state index is 0.555. The molecule has 1 saturated heterocycles. The van der Waals surface area contributed by atoms with E-state index in [0.29, 0.717) is 11.2 Å². The van der Waals surface area contributed by atoms with Gasteiger partial charge in [-0.25, -0.2) is 4.98 Å². The molecule has 1 atom stereocenters. The van der Waals surface area contributed by atoms with Gasteiger partial charge in [0.05, 0.1) is 0 Å². The molecule has 1 aromatic heterocycles. The van der Waals surface area contributed by atoms with Gasteiger partial charge in [-0.1, -0.05) is 18.5 Å². The first-order valence-corrected chi connectivity index (χ1v) is 5.96. The zero-order chi connectivity index (χ0) is 10.8. The molecule has 0 saturated carbocycles. The van der Waals surface area contributed by atoms with Crippen molar-refractivity contribution in [1.29, 1.82) is 0 Å².